The lowest BCUT2D eigenvalue weighted by Gasteiger charge is -2.55. The van der Waals surface area contributed by atoms with Crippen LogP contribution in [0.1, 0.15) is 59.3 Å². The van der Waals surface area contributed by atoms with E-state index in [1.54, 1.807) is 0 Å². The van der Waals surface area contributed by atoms with Crippen LogP contribution < -0.4 is 5.32 Å². The quantitative estimate of drug-likeness (QED) is 0.833. The minimum absolute atomic E-state index is 0. The van der Waals surface area contributed by atoms with Gasteiger partial charge in [0.15, 0.2) is 0 Å². The third kappa shape index (κ3) is 3.69. The molecule has 0 radical (unpaired) electrons. The Bertz CT molecular complexity index is 417. The number of piperidine rings is 1. The Balaban J connectivity index is 0.00000192. The van der Waals surface area contributed by atoms with Gasteiger partial charge in [-0.25, -0.2) is 0 Å². The first-order chi connectivity index (χ1) is 10.4. The molecule has 1 saturated carbocycles. The molecule has 134 valence electrons. The number of nitrogens with zero attached hydrogens (tertiary/aromatic N) is 1. The minimum Gasteiger partial charge on any atom is -0.378 e. The second kappa shape index (κ2) is 7.28. The van der Waals surface area contributed by atoms with Crippen molar-refractivity contribution in [2.75, 3.05) is 13.7 Å². The van der Waals surface area contributed by atoms with Gasteiger partial charge in [0.25, 0.3) is 0 Å². The smallest absolute Gasteiger partial charge is 0.222 e. The molecule has 2 aliphatic heterocycles. The predicted octanol–water partition coefficient (Wildman–Crippen LogP) is 2.99. The highest BCUT2D eigenvalue weighted by molar-refractivity contribution is 5.85. The summed E-state index contributed by atoms with van der Waals surface area (Å²) in [5.41, 5.74) is 0.0770. The van der Waals surface area contributed by atoms with E-state index >= 15 is 0 Å². The molecular weight excluding hydrogens is 312 g/mol. The Morgan fingerprint density at radius 2 is 1.83 bits per heavy atom. The van der Waals surface area contributed by atoms with Crippen LogP contribution in [-0.4, -0.2) is 48.7 Å². The number of nitrogens with one attached hydrogen (secondary N) is 1. The first kappa shape index (κ1) is 19.0. The van der Waals surface area contributed by atoms with E-state index in [0.717, 1.165) is 19.4 Å². The summed E-state index contributed by atoms with van der Waals surface area (Å²) in [6, 6.07) is 1.67. The lowest BCUT2D eigenvalue weighted by Crippen LogP contribution is -2.62. The Hall–Kier alpha value is -0.320. The molecule has 2 saturated heterocycles. The maximum absolute atomic E-state index is 12.7. The van der Waals surface area contributed by atoms with Crippen LogP contribution in [0, 0.1) is 11.3 Å². The molecule has 1 amide bonds. The molecule has 0 aromatic heterocycles. The molecule has 3 rings (SSSR count). The molecule has 0 aromatic carbocycles. The molecule has 5 heteroatoms. The minimum atomic E-state index is 0. The van der Waals surface area contributed by atoms with Crippen molar-refractivity contribution in [3.8, 4) is 0 Å². The highest BCUT2D eigenvalue weighted by Crippen LogP contribution is 2.45. The highest BCUT2D eigenvalue weighted by Gasteiger charge is 2.51. The van der Waals surface area contributed by atoms with E-state index in [4.69, 9.17) is 4.74 Å². The van der Waals surface area contributed by atoms with Crippen molar-refractivity contribution in [3.63, 3.8) is 0 Å². The van der Waals surface area contributed by atoms with Gasteiger partial charge in [0.2, 0.25) is 5.91 Å². The first-order valence-corrected chi connectivity index (χ1v) is 9.05. The molecule has 4 nitrogen and oxygen atoms in total. The Kier molecular flexibility index (Phi) is 6.02. The molecule has 4 unspecified atom stereocenters. The molecule has 2 bridgehead atoms. The number of ether oxygens (including phenoxy) is 1. The molecule has 1 aliphatic carbocycles. The fourth-order valence-corrected chi connectivity index (χ4v) is 4.91. The molecule has 4 atom stereocenters. The lowest BCUT2D eigenvalue weighted by molar-refractivity contribution is -0.164. The largest absolute Gasteiger partial charge is 0.378 e. The lowest BCUT2D eigenvalue weighted by atomic mass is 9.63. The van der Waals surface area contributed by atoms with Crippen LogP contribution in [0.2, 0.25) is 0 Å². The summed E-state index contributed by atoms with van der Waals surface area (Å²) in [6.45, 7) is 7.27. The van der Waals surface area contributed by atoms with Gasteiger partial charge in [0, 0.05) is 43.6 Å². The zero-order valence-corrected chi connectivity index (χ0v) is 15.8. The Morgan fingerprint density at radius 1 is 1.22 bits per heavy atom. The zero-order valence-electron chi connectivity index (χ0n) is 15.0. The summed E-state index contributed by atoms with van der Waals surface area (Å²) < 4.78 is 5.79. The average molecular weight is 345 g/mol. The summed E-state index contributed by atoms with van der Waals surface area (Å²) >= 11 is 0. The van der Waals surface area contributed by atoms with Crippen molar-refractivity contribution in [1.82, 2.24) is 10.2 Å². The van der Waals surface area contributed by atoms with Crippen molar-refractivity contribution in [3.05, 3.63) is 0 Å². The fraction of sp³-hybridized carbons (Fsp3) is 0.944. The van der Waals surface area contributed by atoms with Gasteiger partial charge >= 0.3 is 0 Å². The predicted molar refractivity (Wildman–Crippen MR) is 94.9 cm³/mol. The van der Waals surface area contributed by atoms with Gasteiger partial charge in [-0.1, -0.05) is 13.8 Å². The number of carbonyl (C=O) groups is 1. The summed E-state index contributed by atoms with van der Waals surface area (Å²) in [5, 5.41) is 3.66. The number of fused-ring (bicyclic) bond motifs is 2. The first-order valence-electron chi connectivity index (χ1n) is 9.05. The number of halogens is 1. The van der Waals surface area contributed by atoms with Crippen LogP contribution in [0.5, 0.6) is 0 Å². The Labute approximate surface area is 147 Å². The van der Waals surface area contributed by atoms with Crippen molar-refractivity contribution >= 4 is 18.3 Å². The number of hydrogen-bond acceptors (Lipinski definition) is 3. The van der Waals surface area contributed by atoms with Crippen molar-refractivity contribution in [2.24, 2.45) is 11.3 Å². The van der Waals surface area contributed by atoms with Crippen molar-refractivity contribution in [2.45, 2.75) is 83.5 Å². The van der Waals surface area contributed by atoms with Crippen LogP contribution in [0.25, 0.3) is 0 Å². The SMILES string of the molecule is CCOC1CC(N(C)C(=O)CC2CC3CCC(C2)N3)C1(C)C.Cl. The van der Waals surface area contributed by atoms with E-state index in [2.05, 4.69) is 19.2 Å². The number of amides is 1. The van der Waals surface area contributed by atoms with Gasteiger partial charge in [-0.2, -0.15) is 0 Å². The monoisotopic (exact) mass is 344 g/mol. The van der Waals surface area contributed by atoms with Gasteiger partial charge in [-0.05, 0) is 44.9 Å². The van der Waals surface area contributed by atoms with Crippen molar-refractivity contribution in [1.29, 1.82) is 0 Å². The summed E-state index contributed by atoms with van der Waals surface area (Å²) in [7, 11) is 1.99. The van der Waals surface area contributed by atoms with E-state index in [9.17, 15) is 4.79 Å². The summed E-state index contributed by atoms with van der Waals surface area (Å²) in [6.07, 6.45) is 7.00. The number of hydrogen-bond donors (Lipinski definition) is 1. The van der Waals surface area contributed by atoms with Gasteiger partial charge in [0.1, 0.15) is 0 Å². The molecule has 0 spiro atoms. The van der Waals surface area contributed by atoms with Crippen molar-refractivity contribution < 1.29 is 9.53 Å². The number of carbonyl (C=O) groups excluding carboxylic acids is 1. The second-order valence-corrected chi connectivity index (χ2v) is 8.20. The standard InChI is InChI=1S/C18H32N2O2.ClH/c1-5-22-16-11-15(18(16,2)3)20(4)17(21)10-12-8-13-6-7-14(9-12)19-13;/h12-16,19H,5-11H2,1-4H3;1H. The van der Waals surface area contributed by atoms with E-state index in [-0.39, 0.29) is 17.8 Å². The second-order valence-electron chi connectivity index (χ2n) is 8.20. The highest BCUT2D eigenvalue weighted by atomic mass is 35.5. The molecule has 1 N–H and O–H groups in total. The van der Waals surface area contributed by atoms with Crippen LogP contribution in [0.4, 0.5) is 0 Å². The maximum atomic E-state index is 12.7. The van der Waals surface area contributed by atoms with E-state index in [0.29, 0.717) is 36.1 Å². The van der Waals surface area contributed by atoms with Crippen LogP contribution in [0.15, 0.2) is 0 Å². The molecule has 0 aromatic rings. The Morgan fingerprint density at radius 3 is 2.35 bits per heavy atom. The third-order valence-electron chi connectivity index (χ3n) is 6.39. The van der Waals surface area contributed by atoms with E-state index in [1.165, 1.54) is 25.7 Å². The molecular formula is C18H33ClN2O2. The normalized spacial score (nSPS) is 37.7. The van der Waals surface area contributed by atoms with E-state index in [1.807, 2.05) is 18.9 Å². The van der Waals surface area contributed by atoms with Gasteiger partial charge in [-0.3, -0.25) is 4.79 Å². The fourth-order valence-electron chi connectivity index (χ4n) is 4.91. The zero-order chi connectivity index (χ0) is 15.9. The maximum Gasteiger partial charge on any atom is 0.222 e. The number of rotatable bonds is 5. The summed E-state index contributed by atoms with van der Waals surface area (Å²) in [4.78, 5) is 14.7. The third-order valence-corrected chi connectivity index (χ3v) is 6.39. The van der Waals surface area contributed by atoms with Crippen LogP contribution in [0.3, 0.4) is 0 Å². The molecule has 3 aliphatic rings. The topological polar surface area (TPSA) is 41.6 Å². The van der Waals surface area contributed by atoms with Crippen LogP contribution >= 0.6 is 12.4 Å². The van der Waals surface area contributed by atoms with Gasteiger partial charge < -0.3 is 15.0 Å². The molecule has 23 heavy (non-hydrogen) atoms. The average Bonchev–Trinajstić information content (AvgIpc) is 2.81. The van der Waals surface area contributed by atoms with Gasteiger partial charge in [0.05, 0.1) is 6.10 Å². The molecule has 3 fully saturated rings. The summed E-state index contributed by atoms with van der Waals surface area (Å²) in [5.74, 6) is 0.916. The molecule has 2 heterocycles. The van der Waals surface area contributed by atoms with Gasteiger partial charge in [-0.15, -0.1) is 12.4 Å². The van der Waals surface area contributed by atoms with Crippen LogP contribution in [-0.2, 0) is 9.53 Å². The van der Waals surface area contributed by atoms with E-state index < -0.39 is 0 Å².